The van der Waals surface area contributed by atoms with E-state index >= 15 is 0 Å². The minimum absolute atomic E-state index is 0.109. The lowest BCUT2D eigenvalue weighted by atomic mass is 9.72. The Labute approximate surface area is 254 Å². The highest BCUT2D eigenvalue weighted by molar-refractivity contribution is 9.10. The van der Waals surface area contributed by atoms with Crippen LogP contribution in [0.2, 0.25) is 0 Å². The number of hydrogen-bond acceptors (Lipinski definition) is 5. The number of carbonyl (C=O) groups excluding carboxylic acids is 1. The standard InChI is InChI=1S/C34H32BrN3O2S/c1-34(2,3)25-14-15-27-30(18-25)41-33(31(27)32(39)38-26-7-5-4-6-8-26)37-20-24-13-16-29(28(35)17-24)40-21-23-11-9-22(19-36)10-12-23/h4-13,16-17,20,25H,14-15,18,21H2,1-3H3,(H,38,39)/t25-/m1/s1. The van der Waals surface area contributed by atoms with Crippen LogP contribution in [0.3, 0.4) is 0 Å². The summed E-state index contributed by atoms with van der Waals surface area (Å²) in [6, 6.07) is 24.9. The van der Waals surface area contributed by atoms with E-state index in [0.29, 0.717) is 29.4 Å². The van der Waals surface area contributed by atoms with Crippen molar-refractivity contribution in [2.45, 2.75) is 46.6 Å². The van der Waals surface area contributed by atoms with Crippen molar-refractivity contribution in [2.75, 3.05) is 5.32 Å². The molecule has 41 heavy (non-hydrogen) atoms. The molecule has 1 aliphatic rings. The van der Waals surface area contributed by atoms with Crippen LogP contribution in [0.25, 0.3) is 0 Å². The molecule has 5 nitrogen and oxygen atoms in total. The molecule has 1 aliphatic carbocycles. The van der Waals surface area contributed by atoms with Crippen LogP contribution in [-0.4, -0.2) is 12.1 Å². The molecule has 0 bridgehead atoms. The molecule has 0 radical (unpaired) electrons. The quantitative estimate of drug-likeness (QED) is 0.208. The number of amides is 1. The van der Waals surface area contributed by atoms with Crippen LogP contribution in [-0.2, 0) is 19.4 Å². The molecule has 0 unspecified atom stereocenters. The van der Waals surface area contributed by atoms with Crippen molar-refractivity contribution in [1.82, 2.24) is 0 Å². The highest BCUT2D eigenvalue weighted by Crippen LogP contribution is 2.45. The molecule has 0 spiro atoms. The molecule has 1 heterocycles. The Balaban J connectivity index is 1.37. The first kappa shape index (κ1) is 28.8. The Kier molecular flexibility index (Phi) is 8.72. The Hall–Kier alpha value is -3.73. The van der Waals surface area contributed by atoms with E-state index in [1.54, 1.807) is 23.5 Å². The SMILES string of the molecule is CC(C)(C)[C@@H]1CCc2c(sc(N=Cc3ccc(OCc4ccc(C#N)cc4)c(Br)c3)c2C(=O)Nc2ccccc2)C1. The first-order valence-electron chi connectivity index (χ1n) is 13.7. The molecule has 208 valence electrons. The Morgan fingerprint density at radius 2 is 1.90 bits per heavy atom. The molecule has 7 heteroatoms. The number of carbonyl (C=O) groups is 1. The third kappa shape index (κ3) is 6.95. The Morgan fingerprint density at radius 1 is 1.15 bits per heavy atom. The zero-order valence-corrected chi connectivity index (χ0v) is 25.8. The van der Waals surface area contributed by atoms with Crippen molar-refractivity contribution in [3.8, 4) is 11.8 Å². The molecule has 0 fully saturated rings. The fourth-order valence-corrected chi connectivity index (χ4v) is 6.81. The minimum atomic E-state index is -0.109. The van der Waals surface area contributed by atoms with Gasteiger partial charge in [-0.2, -0.15) is 5.26 Å². The number of nitrogens with zero attached hydrogens (tertiary/aromatic N) is 2. The highest BCUT2D eigenvalue weighted by atomic mass is 79.9. The largest absolute Gasteiger partial charge is 0.488 e. The van der Waals surface area contributed by atoms with Gasteiger partial charge in [-0.1, -0.05) is 51.1 Å². The van der Waals surface area contributed by atoms with Crippen molar-refractivity contribution in [1.29, 1.82) is 5.26 Å². The van der Waals surface area contributed by atoms with Gasteiger partial charge in [-0.15, -0.1) is 11.3 Å². The summed E-state index contributed by atoms with van der Waals surface area (Å²) in [5.41, 5.74) is 5.33. The predicted molar refractivity (Wildman–Crippen MR) is 171 cm³/mol. The van der Waals surface area contributed by atoms with Gasteiger partial charge in [0.15, 0.2) is 0 Å². The topological polar surface area (TPSA) is 74.5 Å². The second-order valence-corrected chi connectivity index (χ2v) is 13.3. The second kappa shape index (κ2) is 12.4. The molecule has 0 saturated carbocycles. The number of benzene rings is 3. The average molecular weight is 627 g/mol. The number of anilines is 1. The Bertz CT molecular complexity index is 1610. The number of thiophene rings is 1. The number of nitrogens with one attached hydrogen (secondary N) is 1. The fraction of sp³-hybridized carbons (Fsp3) is 0.265. The van der Waals surface area contributed by atoms with Gasteiger partial charge in [0.05, 0.1) is 21.7 Å². The number of halogens is 1. The van der Waals surface area contributed by atoms with E-state index in [-0.39, 0.29) is 11.3 Å². The maximum atomic E-state index is 13.6. The summed E-state index contributed by atoms with van der Waals surface area (Å²) >= 11 is 5.27. The molecule has 1 N–H and O–H groups in total. The first-order chi connectivity index (χ1) is 19.7. The minimum Gasteiger partial charge on any atom is -0.488 e. The lowest BCUT2D eigenvalue weighted by molar-refractivity contribution is 0.102. The zero-order valence-electron chi connectivity index (χ0n) is 23.4. The summed E-state index contributed by atoms with van der Waals surface area (Å²) in [5, 5.41) is 12.8. The first-order valence-corrected chi connectivity index (χ1v) is 15.3. The number of para-hydroxylation sites is 1. The van der Waals surface area contributed by atoms with Crippen LogP contribution in [0.5, 0.6) is 5.75 Å². The van der Waals surface area contributed by atoms with Gasteiger partial charge in [-0.25, -0.2) is 4.99 Å². The van der Waals surface area contributed by atoms with Gasteiger partial charge >= 0.3 is 0 Å². The van der Waals surface area contributed by atoms with E-state index in [0.717, 1.165) is 51.1 Å². The van der Waals surface area contributed by atoms with Crippen LogP contribution in [0.4, 0.5) is 10.7 Å². The molecule has 1 aromatic heterocycles. The lowest BCUT2D eigenvalue weighted by Gasteiger charge is -2.33. The van der Waals surface area contributed by atoms with E-state index in [1.165, 1.54) is 4.88 Å². The van der Waals surface area contributed by atoms with E-state index in [9.17, 15) is 4.79 Å². The fourth-order valence-electron chi connectivity index (χ4n) is 5.04. The number of hydrogen-bond donors (Lipinski definition) is 1. The third-order valence-electron chi connectivity index (χ3n) is 7.49. The van der Waals surface area contributed by atoms with Gasteiger partial charge in [0.1, 0.15) is 17.4 Å². The number of ether oxygens (including phenoxy) is 1. The van der Waals surface area contributed by atoms with Gasteiger partial charge < -0.3 is 10.1 Å². The van der Waals surface area contributed by atoms with E-state index in [1.807, 2.05) is 66.9 Å². The summed E-state index contributed by atoms with van der Waals surface area (Å²) in [4.78, 5) is 19.7. The zero-order chi connectivity index (χ0) is 29.0. The number of rotatable bonds is 7. The normalized spacial score (nSPS) is 14.9. The molecule has 0 aliphatic heterocycles. The summed E-state index contributed by atoms with van der Waals surface area (Å²) in [6.45, 7) is 7.30. The van der Waals surface area contributed by atoms with Crippen molar-refractivity contribution in [3.63, 3.8) is 0 Å². The lowest BCUT2D eigenvalue weighted by Crippen LogP contribution is -2.27. The van der Waals surface area contributed by atoms with Crippen LogP contribution in [0.15, 0.2) is 82.3 Å². The molecule has 1 atom stereocenters. The summed E-state index contributed by atoms with van der Waals surface area (Å²) in [7, 11) is 0. The van der Waals surface area contributed by atoms with Crippen molar-refractivity contribution in [2.24, 2.45) is 16.3 Å². The molecular weight excluding hydrogens is 594 g/mol. The van der Waals surface area contributed by atoms with Gasteiger partial charge in [0.2, 0.25) is 0 Å². The maximum Gasteiger partial charge on any atom is 0.259 e. The molecule has 4 aromatic rings. The van der Waals surface area contributed by atoms with E-state index in [4.69, 9.17) is 15.0 Å². The van der Waals surface area contributed by atoms with Gasteiger partial charge in [-0.05, 0) is 106 Å². The summed E-state index contributed by atoms with van der Waals surface area (Å²) in [6.07, 6.45) is 4.74. The van der Waals surface area contributed by atoms with Crippen LogP contribution in [0, 0.1) is 22.7 Å². The van der Waals surface area contributed by atoms with Crippen LogP contribution in [0.1, 0.15) is 64.7 Å². The Morgan fingerprint density at radius 3 is 2.59 bits per heavy atom. The summed E-state index contributed by atoms with van der Waals surface area (Å²) in [5.74, 6) is 1.18. The second-order valence-electron chi connectivity index (χ2n) is 11.4. The average Bonchev–Trinajstić information content (AvgIpc) is 3.34. The highest BCUT2D eigenvalue weighted by Gasteiger charge is 2.33. The molecule has 3 aromatic carbocycles. The smallest absolute Gasteiger partial charge is 0.259 e. The van der Waals surface area contributed by atoms with Gasteiger partial charge in [0.25, 0.3) is 5.91 Å². The van der Waals surface area contributed by atoms with Gasteiger partial charge in [-0.3, -0.25) is 4.79 Å². The molecule has 1 amide bonds. The molecular formula is C34H32BrN3O2S. The number of aliphatic imine (C=N–C) groups is 1. The van der Waals surface area contributed by atoms with Crippen LogP contribution < -0.4 is 10.1 Å². The summed E-state index contributed by atoms with van der Waals surface area (Å²) < 4.78 is 6.80. The van der Waals surface area contributed by atoms with Crippen molar-refractivity contribution < 1.29 is 9.53 Å². The monoisotopic (exact) mass is 625 g/mol. The molecule has 0 saturated heterocycles. The van der Waals surface area contributed by atoms with Crippen LogP contribution >= 0.6 is 27.3 Å². The maximum absolute atomic E-state index is 13.6. The van der Waals surface area contributed by atoms with Crippen molar-refractivity contribution >= 4 is 50.1 Å². The number of nitriles is 1. The number of fused-ring (bicyclic) bond motifs is 1. The van der Waals surface area contributed by atoms with E-state index < -0.39 is 0 Å². The van der Waals surface area contributed by atoms with Crippen molar-refractivity contribution in [3.05, 3.63) is 110 Å². The molecule has 5 rings (SSSR count). The predicted octanol–water partition coefficient (Wildman–Crippen LogP) is 9.12. The van der Waals surface area contributed by atoms with E-state index in [2.05, 4.69) is 48.1 Å². The third-order valence-corrected chi connectivity index (χ3v) is 9.28. The van der Waals surface area contributed by atoms with Gasteiger partial charge in [0, 0.05) is 16.8 Å².